The number of rotatable bonds is 3. The van der Waals surface area contributed by atoms with Gasteiger partial charge in [-0.2, -0.15) is 0 Å². The lowest BCUT2D eigenvalue weighted by atomic mass is 10.1. The van der Waals surface area contributed by atoms with Gasteiger partial charge in [-0.25, -0.2) is 4.39 Å². The third kappa shape index (κ3) is 2.31. The van der Waals surface area contributed by atoms with E-state index in [-0.39, 0.29) is 18.4 Å². The quantitative estimate of drug-likeness (QED) is 0.872. The predicted octanol–water partition coefficient (Wildman–Crippen LogP) is 0.650. The Labute approximate surface area is 110 Å². The van der Waals surface area contributed by atoms with Crippen LogP contribution in [0.2, 0.25) is 0 Å². The Morgan fingerprint density at radius 3 is 2.84 bits per heavy atom. The zero-order chi connectivity index (χ0) is 14.2. The van der Waals surface area contributed by atoms with E-state index in [0.717, 1.165) is 0 Å². The van der Waals surface area contributed by atoms with Crippen LogP contribution in [0.15, 0.2) is 18.2 Å². The summed E-state index contributed by atoms with van der Waals surface area (Å²) in [6.07, 6.45) is 0. The van der Waals surface area contributed by atoms with Crippen molar-refractivity contribution in [2.24, 2.45) is 5.73 Å². The van der Waals surface area contributed by atoms with E-state index in [4.69, 9.17) is 5.73 Å². The molecule has 2 N–H and O–H groups in total. The van der Waals surface area contributed by atoms with Crippen LogP contribution >= 0.6 is 0 Å². The molecule has 1 atom stereocenters. The van der Waals surface area contributed by atoms with E-state index in [1.807, 2.05) is 6.92 Å². The number of nitrogens with two attached hydrogens (primary N) is 1. The Bertz CT molecular complexity index is 533. The fourth-order valence-electron chi connectivity index (χ4n) is 2.03. The van der Waals surface area contributed by atoms with Crippen molar-refractivity contribution in [2.45, 2.75) is 13.0 Å². The smallest absolute Gasteiger partial charge is 0.249 e. The summed E-state index contributed by atoms with van der Waals surface area (Å²) in [5.41, 5.74) is 6.71. The van der Waals surface area contributed by atoms with Gasteiger partial charge in [-0.1, -0.05) is 6.07 Å². The van der Waals surface area contributed by atoms with Crippen molar-refractivity contribution in [3.8, 4) is 0 Å². The van der Waals surface area contributed by atoms with Gasteiger partial charge in [0, 0.05) is 19.2 Å². The van der Waals surface area contributed by atoms with E-state index in [1.165, 1.54) is 28.0 Å². The highest BCUT2D eigenvalue weighted by Gasteiger charge is 2.36. The summed E-state index contributed by atoms with van der Waals surface area (Å²) in [6.45, 7) is 2.26. The van der Waals surface area contributed by atoms with Gasteiger partial charge in [-0.15, -0.1) is 0 Å². The summed E-state index contributed by atoms with van der Waals surface area (Å²) in [5.74, 6) is -1.04. The highest BCUT2D eigenvalue weighted by molar-refractivity contribution is 6.07. The van der Waals surface area contributed by atoms with Gasteiger partial charge in [0.05, 0.1) is 5.69 Å². The molecule has 1 aromatic carbocycles. The molecule has 2 rings (SSSR count). The molecule has 1 unspecified atom stereocenters. The SMILES string of the molecule is CCN(C)C(=O)CN1C(=O)C(N)c2ccc(F)cc21. The van der Waals surface area contributed by atoms with Crippen LogP contribution in [0.5, 0.6) is 0 Å². The van der Waals surface area contributed by atoms with Crippen molar-refractivity contribution in [3.63, 3.8) is 0 Å². The number of benzene rings is 1. The third-order valence-corrected chi connectivity index (χ3v) is 3.34. The summed E-state index contributed by atoms with van der Waals surface area (Å²) in [7, 11) is 1.65. The van der Waals surface area contributed by atoms with Gasteiger partial charge in [0.1, 0.15) is 18.4 Å². The molecule has 0 bridgehead atoms. The molecule has 0 aliphatic carbocycles. The van der Waals surface area contributed by atoms with Crippen LogP contribution in [-0.2, 0) is 9.59 Å². The minimum absolute atomic E-state index is 0.118. The summed E-state index contributed by atoms with van der Waals surface area (Å²) in [4.78, 5) is 26.6. The number of hydrogen-bond acceptors (Lipinski definition) is 3. The number of halogens is 1. The second-order valence-corrected chi connectivity index (χ2v) is 4.51. The number of fused-ring (bicyclic) bond motifs is 1. The van der Waals surface area contributed by atoms with Gasteiger partial charge < -0.3 is 15.5 Å². The normalized spacial score (nSPS) is 17.6. The number of nitrogens with zero attached hydrogens (tertiary/aromatic N) is 2. The summed E-state index contributed by atoms with van der Waals surface area (Å²) >= 11 is 0. The van der Waals surface area contributed by atoms with E-state index in [9.17, 15) is 14.0 Å². The summed E-state index contributed by atoms with van der Waals surface area (Å²) in [6, 6.07) is 3.16. The van der Waals surface area contributed by atoms with Gasteiger partial charge in [-0.05, 0) is 19.1 Å². The second-order valence-electron chi connectivity index (χ2n) is 4.51. The number of likely N-dealkylation sites (N-methyl/N-ethyl adjacent to an activating group) is 1. The number of carbonyl (C=O) groups is 2. The van der Waals surface area contributed by atoms with Gasteiger partial charge in [-0.3, -0.25) is 9.59 Å². The molecule has 19 heavy (non-hydrogen) atoms. The van der Waals surface area contributed by atoms with Crippen molar-refractivity contribution < 1.29 is 14.0 Å². The third-order valence-electron chi connectivity index (χ3n) is 3.34. The molecule has 1 heterocycles. The van der Waals surface area contributed by atoms with Crippen LogP contribution < -0.4 is 10.6 Å². The highest BCUT2D eigenvalue weighted by atomic mass is 19.1. The van der Waals surface area contributed by atoms with E-state index in [1.54, 1.807) is 7.05 Å². The topological polar surface area (TPSA) is 66.6 Å². The summed E-state index contributed by atoms with van der Waals surface area (Å²) < 4.78 is 13.3. The average Bonchev–Trinajstić information content (AvgIpc) is 2.62. The Morgan fingerprint density at radius 1 is 1.53 bits per heavy atom. The van der Waals surface area contributed by atoms with Gasteiger partial charge in [0.25, 0.3) is 0 Å². The average molecular weight is 265 g/mol. The molecule has 0 aromatic heterocycles. The zero-order valence-electron chi connectivity index (χ0n) is 10.9. The lowest BCUT2D eigenvalue weighted by molar-refractivity contribution is -0.130. The molecule has 6 heteroatoms. The van der Waals surface area contributed by atoms with Crippen LogP contribution in [0.25, 0.3) is 0 Å². The molecule has 0 saturated carbocycles. The van der Waals surface area contributed by atoms with Crippen LogP contribution in [0.1, 0.15) is 18.5 Å². The largest absolute Gasteiger partial charge is 0.344 e. The van der Waals surface area contributed by atoms with Crippen molar-refractivity contribution in [1.29, 1.82) is 0 Å². The molecule has 5 nitrogen and oxygen atoms in total. The monoisotopic (exact) mass is 265 g/mol. The Kier molecular flexibility index (Phi) is 3.53. The van der Waals surface area contributed by atoms with Crippen LogP contribution in [-0.4, -0.2) is 36.9 Å². The molecule has 0 saturated heterocycles. The molecule has 1 aliphatic rings. The molecular weight excluding hydrogens is 249 g/mol. The van der Waals surface area contributed by atoms with Crippen LogP contribution in [0.4, 0.5) is 10.1 Å². The maximum Gasteiger partial charge on any atom is 0.249 e. The molecule has 2 amide bonds. The number of hydrogen-bond donors (Lipinski definition) is 1. The second kappa shape index (κ2) is 4.97. The Balaban J connectivity index is 2.30. The first-order chi connectivity index (χ1) is 8.95. The summed E-state index contributed by atoms with van der Waals surface area (Å²) in [5, 5.41) is 0. The fraction of sp³-hybridized carbons (Fsp3) is 0.385. The van der Waals surface area contributed by atoms with Gasteiger partial charge in [0.15, 0.2) is 0 Å². The number of amides is 2. The first-order valence-electron chi connectivity index (χ1n) is 6.06. The van der Waals surface area contributed by atoms with E-state index in [2.05, 4.69) is 0 Å². The minimum Gasteiger partial charge on any atom is -0.344 e. The lowest BCUT2D eigenvalue weighted by Crippen LogP contribution is -2.41. The van der Waals surface area contributed by atoms with Crippen molar-refractivity contribution >= 4 is 17.5 Å². The van der Waals surface area contributed by atoms with Gasteiger partial charge in [0.2, 0.25) is 11.8 Å². The van der Waals surface area contributed by atoms with E-state index in [0.29, 0.717) is 17.8 Å². The minimum atomic E-state index is -0.824. The lowest BCUT2D eigenvalue weighted by Gasteiger charge is -2.21. The first kappa shape index (κ1) is 13.5. The maximum atomic E-state index is 13.3. The fourth-order valence-corrected chi connectivity index (χ4v) is 2.03. The molecule has 0 fully saturated rings. The van der Waals surface area contributed by atoms with Crippen molar-refractivity contribution in [2.75, 3.05) is 25.0 Å². The molecule has 102 valence electrons. The molecule has 0 radical (unpaired) electrons. The number of carbonyl (C=O) groups excluding carboxylic acids is 2. The maximum absolute atomic E-state index is 13.3. The number of anilines is 1. The highest BCUT2D eigenvalue weighted by Crippen LogP contribution is 2.34. The van der Waals surface area contributed by atoms with E-state index >= 15 is 0 Å². The predicted molar refractivity (Wildman–Crippen MR) is 69.0 cm³/mol. The van der Waals surface area contributed by atoms with E-state index < -0.39 is 11.9 Å². The van der Waals surface area contributed by atoms with Crippen LogP contribution in [0.3, 0.4) is 0 Å². The van der Waals surface area contributed by atoms with Crippen molar-refractivity contribution in [1.82, 2.24) is 4.90 Å². The standard InChI is InChI=1S/C13H16FN3O2/c1-3-16(2)11(18)7-17-10-6-8(14)4-5-9(10)12(15)13(17)19/h4-6,12H,3,7,15H2,1-2H3. The molecule has 1 aromatic rings. The van der Waals surface area contributed by atoms with Crippen LogP contribution in [0, 0.1) is 5.82 Å². The molecule has 0 spiro atoms. The Morgan fingerprint density at radius 2 is 2.21 bits per heavy atom. The molecular formula is C13H16FN3O2. The van der Waals surface area contributed by atoms with Gasteiger partial charge >= 0.3 is 0 Å². The zero-order valence-corrected chi connectivity index (χ0v) is 10.9. The first-order valence-corrected chi connectivity index (χ1v) is 6.06. The Hall–Kier alpha value is -1.95. The molecule has 1 aliphatic heterocycles. The van der Waals surface area contributed by atoms with Crippen molar-refractivity contribution in [3.05, 3.63) is 29.6 Å².